The van der Waals surface area contributed by atoms with Crippen molar-refractivity contribution in [1.29, 1.82) is 0 Å². The number of benzene rings is 1. The van der Waals surface area contributed by atoms with E-state index >= 15 is 0 Å². The lowest BCUT2D eigenvalue weighted by Gasteiger charge is -2.24. The fourth-order valence-electron chi connectivity index (χ4n) is 2.44. The molecule has 3 rings (SSSR count). The number of hydrogen-bond donors (Lipinski definition) is 2. The summed E-state index contributed by atoms with van der Waals surface area (Å²) in [7, 11) is 0. The molecule has 2 aliphatic heterocycles. The van der Waals surface area contributed by atoms with Crippen molar-refractivity contribution in [3.05, 3.63) is 23.3 Å². The third-order valence-corrected chi connectivity index (χ3v) is 3.21. The summed E-state index contributed by atoms with van der Waals surface area (Å²) in [4.78, 5) is 0. The van der Waals surface area contributed by atoms with Crippen molar-refractivity contribution in [1.82, 2.24) is 0 Å². The molecular weight excluding hydrogens is 172 g/mol. The summed E-state index contributed by atoms with van der Waals surface area (Å²) in [6, 6.07) is 4.69. The van der Waals surface area contributed by atoms with Crippen LogP contribution < -0.4 is 10.6 Å². The minimum atomic E-state index is 1.13. The van der Waals surface area contributed by atoms with Crippen LogP contribution in [-0.4, -0.2) is 13.1 Å². The van der Waals surface area contributed by atoms with E-state index in [1.165, 1.54) is 48.2 Å². The van der Waals surface area contributed by atoms with Crippen LogP contribution in [0.2, 0.25) is 0 Å². The van der Waals surface area contributed by atoms with Crippen LogP contribution in [0.1, 0.15) is 24.0 Å². The Balaban J connectivity index is 2.06. The van der Waals surface area contributed by atoms with Crippen molar-refractivity contribution in [3.63, 3.8) is 0 Å². The highest BCUT2D eigenvalue weighted by atomic mass is 14.9. The van der Waals surface area contributed by atoms with Gasteiger partial charge in [0.15, 0.2) is 0 Å². The molecule has 0 atom stereocenters. The van der Waals surface area contributed by atoms with Gasteiger partial charge >= 0.3 is 0 Å². The summed E-state index contributed by atoms with van der Waals surface area (Å²) >= 11 is 0. The van der Waals surface area contributed by atoms with Crippen molar-refractivity contribution in [2.24, 2.45) is 0 Å². The van der Waals surface area contributed by atoms with Gasteiger partial charge in [-0.2, -0.15) is 0 Å². The molecule has 2 aliphatic rings. The van der Waals surface area contributed by atoms with Gasteiger partial charge in [-0.25, -0.2) is 0 Å². The van der Waals surface area contributed by atoms with E-state index in [0.717, 1.165) is 13.1 Å². The molecule has 2 N–H and O–H groups in total. The zero-order valence-electron chi connectivity index (χ0n) is 8.40. The smallest absolute Gasteiger partial charge is 0.0393 e. The Morgan fingerprint density at radius 3 is 1.93 bits per heavy atom. The van der Waals surface area contributed by atoms with E-state index in [4.69, 9.17) is 0 Å². The molecule has 2 heteroatoms. The standard InChI is InChI=1S/C12H16N2/c1-3-9-7-10-4-2-6-14-12(10)8-11(9)13-5-1/h7-8,13-14H,1-6H2. The molecule has 0 unspecified atom stereocenters. The molecule has 0 amide bonds. The van der Waals surface area contributed by atoms with E-state index in [9.17, 15) is 0 Å². The van der Waals surface area contributed by atoms with E-state index < -0.39 is 0 Å². The maximum atomic E-state index is 3.47. The van der Waals surface area contributed by atoms with E-state index in [0.29, 0.717) is 0 Å². The second kappa shape index (κ2) is 3.19. The molecular formula is C12H16N2. The number of fused-ring (bicyclic) bond motifs is 2. The predicted octanol–water partition coefficient (Wildman–Crippen LogP) is 2.40. The van der Waals surface area contributed by atoms with Gasteiger partial charge in [-0.1, -0.05) is 6.07 Å². The van der Waals surface area contributed by atoms with Crippen LogP contribution in [0.15, 0.2) is 12.1 Å². The number of hydrogen-bond acceptors (Lipinski definition) is 2. The van der Waals surface area contributed by atoms with E-state index in [-0.39, 0.29) is 0 Å². The van der Waals surface area contributed by atoms with Gasteiger partial charge < -0.3 is 10.6 Å². The first-order chi connectivity index (χ1) is 6.93. The maximum Gasteiger partial charge on any atom is 0.0393 e. The largest absolute Gasteiger partial charge is 0.385 e. The molecule has 0 spiro atoms. The van der Waals surface area contributed by atoms with E-state index in [2.05, 4.69) is 22.8 Å². The van der Waals surface area contributed by atoms with Gasteiger partial charge in [0, 0.05) is 24.5 Å². The predicted molar refractivity (Wildman–Crippen MR) is 60.1 cm³/mol. The van der Waals surface area contributed by atoms with Crippen molar-refractivity contribution < 1.29 is 0 Å². The quantitative estimate of drug-likeness (QED) is 0.653. The minimum absolute atomic E-state index is 1.13. The van der Waals surface area contributed by atoms with Crippen LogP contribution in [-0.2, 0) is 12.8 Å². The Hall–Kier alpha value is -1.18. The highest BCUT2D eigenvalue weighted by molar-refractivity contribution is 5.67. The molecule has 0 bridgehead atoms. The van der Waals surface area contributed by atoms with Crippen LogP contribution in [0.25, 0.3) is 0 Å². The second-order valence-electron chi connectivity index (χ2n) is 4.23. The Kier molecular flexibility index (Phi) is 1.86. The molecule has 1 aromatic carbocycles. The van der Waals surface area contributed by atoms with Crippen molar-refractivity contribution in [2.45, 2.75) is 25.7 Å². The zero-order chi connectivity index (χ0) is 9.38. The average Bonchev–Trinajstić information content (AvgIpc) is 2.26. The fourth-order valence-corrected chi connectivity index (χ4v) is 2.44. The number of rotatable bonds is 0. The number of aryl methyl sites for hydroxylation is 2. The molecule has 0 saturated carbocycles. The van der Waals surface area contributed by atoms with E-state index in [1.807, 2.05) is 0 Å². The average molecular weight is 188 g/mol. The highest BCUT2D eigenvalue weighted by Crippen LogP contribution is 2.31. The fraction of sp³-hybridized carbons (Fsp3) is 0.500. The molecule has 0 saturated heterocycles. The lowest BCUT2D eigenvalue weighted by atomic mass is 9.95. The van der Waals surface area contributed by atoms with Gasteiger partial charge in [-0.15, -0.1) is 0 Å². The second-order valence-corrected chi connectivity index (χ2v) is 4.23. The van der Waals surface area contributed by atoms with Crippen LogP contribution in [0.5, 0.6) is 0 Å². The van der Waals surface area contributed by atoms with Crippen LogP contribution in [0, 0.1) is 0 Å². The summed E-state index contributed by atoms with van der Waals surface area (Å²) < 4.78 is 0. The van der Waals surface area contributed by atoms with Crippen LogP contribution in [0.3, 0.4) is 0 Å². The zero-order valence-corrected chi connectivity index (χ0v) is 8.40. The van der Waals surface area contributed by atoms with Crippen molar-refractivity contribution in [2.75, 3.05) is 23.7 Å². The molecule has 0 radical (unpaired) electrons. The molecule has 1 aromatic rings. The van der Waals surface area contributed by atoms with Gasteiger partial charge in [-0.05, 0) is 42.9 Å². The molecule has 74 valence electrons. The topological polar surface area (TPSA) is 24.1 Å². The van der Waals surface area contributed by atoms with Gasteiger partial charge in [0.05, 0.1) is 0 Å². The Labute approximate surface area is 84.7 Å². The Morgan fingerprint density at radius 2 is 1.36 bits per heavy atom. The summed E-state index contributed by atoms with van der Waals surface area (Å²) in [5.41, 5.74) is 5.73. The third-order valence-electron chi connectivity index (χ3n) is 3.21. The normalized spacial score (nSPS) is 18.9. The molecule has 0 aliphatic carbocycles. The maximum absolute atomic E-state index is 3.47. The lowest BCUT2D eigenvalue weighted by molar-refractivity contribution is 0.804. The highest BCUT2D eigenvalue weighted by Gasteiger charge is 2.14. The van der Waals surface area contributed by atoms with Crippen molar-refractivity contribution >= 4 is 11.4 Å². The first kappa shape index (κ1) is 8.16. The van der Waals surface area contributed by atoms with Crippen LogP contribution in [0.4, 0.5) is 11.4 Å². The minimum Gasteiger partial charge on any atom is -0.385 e. The molecule has 0 fully saturated rings. The third kappa shape index (κ3) is 1.26. The molecule has 2 nitrogen and oxygen atoms in total. The summed E-state index contributed by atoms with van der Waals surface area (Å²) in [6.45, 7) is 2.26. The van der Waals surface area contributed by atoms with E-state index in [1.54, 1.807) is 0 Å². The monoisotopic (exact) mass is 188 g/mol. The van der Waals surface area contributed by atoms with Crippen LogP contribution >= 0.6 is 0 Å². The first-order valence-electron chi connectivity index (χ1n) is 5.57. The molecule has 2 heterocycles. The first-order valence-corrected chi connectivity index (χ1v) is 5.57. The van der Waals surface area contributed by atoms with Gasteiger partial charge in [-0.3, -0.25) is 0 Å². The molecule has 0 aromatic heterocycles. The van der Waals surface area contributed by atoms with Gasteiger partial charge in [0.25, 0.3) is 0 Å². The van der Waals surface area contributed by atoms with Crippen molar-refractivity contribution in [3.8, 4) is 0 Å². The number of nitrogens with one attached hydrogen (secondary N) is 2. The Bertz CT molecular complexity index is 291. The lowest BCUT2D eigenvalue weighted by Crippen LogP contribution is -2.16. The summed E-state index contributed by atoms with van der Waals surface area (Å²) in [6.07, 6.45) is 5.05. The SMILES string of the molecule is c1c2c(cc3c1CCCN3)NCCC2. The molecule has 14 heavy (non-hydrogen) atoms. The van der Waals surface area contributed by atoms with Gasteiger partial charge in [0.1, 0.15) is 0 Å². The summed E-state index contributed by atoms with van der Waals surface area (Å²) in [5, 5.41) is 6.95. The summed E-state index contributed by atoms with van der Waals surface area (Å²) in [5.74, 6) is 0. The Morgan fingerprint density at radius 1 is 0.786 bits per heavy atom. The number of anilines is 2. The van der Waals surface area contributed by atoms with Gasteiger partial charge in [0.2, 0.25) is 0 Å².